The molecule has 0 aliphatic heterocycles. The highest BCUT2D eigenvalue weighted by Gasteiger charge is 2.13. The number of aryl methyl sites for hydroxylation is 1. The number of hydrogen-bond donors (Lipinski definition) is 1. The van der Waals surface area contributed by atoms with Gasteiger partial charge in [-0.3, -0.25) is 9.59 Å². The number of hydrogen-bond acceptors (Lipinski definition) is 4. The zero-order valence-electron chi connectivity index (χ0n) is 17.5. The van der Waals surface area contributed by atoms with Gasteiger partial charge in [0.1, 0.15) is 11.4 Å². The molecule has 0 bridgehead atoms. The minimum atomic E-state index is -0.188. The van der Waals surface area contributed by atoms with Crippen molar-refractivity contribution in [2.45, 2.75) is 20.0 Å². The number of ether oxygens (including phenoxy) is 1. The molecular formula is C25H23N3O3. The van der Waals surface area contributed by atoms with Crippen molar-refractivity contribution in [2.75, 3.05) is 7.11 Å². The standard InChI is InChI=1S/C25H23N3O3/c1-3-28-22-10-5-4-9-21(22)27-23(25(28)30)18-11-13-19(14-12-18)24(29)26-16-17-7-6-8-20(15-17)31-2/h4-15H,3,16H2,1-2H3,(H,26,29). The van der Waals surface area contributed by atoms with Gasteiger partial charge in [-0.25, -0.2) is 4.98 Å². The van der Waals surface area contributed by atoms with E-state index in [2.05, 4.69) is 10.3 Å². The molecule has 3 aromatic carbocycles. The van der Waals surface area contributed by atoms with Crippen LogP contribution < -0.4 is 15.6 Å². The normalized spacial score (nSPS) is 10.8. The van der Waals surface area contributed by atoms with E-state index >= 15 is 0 Å². The fraction of sp³-hybridized carbons (Fsp3) is 0.160. The van der Waals surface area contributed by atoms with Crippen molar-refractivity contribution in [3.05, 3.63) is 94.3 Å². The lowest BCUT2D eigenvalue weighted by Crippen LogP contribution is -2.23. The predicted molar refractivity (Wildman–Crippen MR) is 121 cm³/mol. The van der Waals surface area contributed by atoms with Crippen LogP contribution in [0.2, 0.25) is 0 Å². The van der Waals surface area contributed by atoms with Crippen LogP contribution >= 0.6 is 0 Å². The molecule has 4 rings (SSSR count). The molecule has 0 saturated carbocycles. The fourth-order valence-electron chi connectivity index (χ4n) is 3.54. The Morgan fingerprint density at radius 3 is 2.55 bits per heavy atom. The van der Waals surface area contributed by atoms with Gasteiger partial charge in [0.25, 0.3) is 11.5 Å². The predicted octanol–water partition coefficient (Wildman–Crippen LogP) is 4.02. The minimum Gasteiger partial charge on any atom is -0.497 e. The number of benzene rings is 3. The molecule has 0 unspecified atom stereocenters. The molecule has 1 amide bonds. The summed E-state index contributed by atoms with van der Waals surface area (Å²) in [6.45, 7) is 2.89. The average Bonchev–Trinajstić information content (AvgIpc) is 2.82. The van der Waals surface area contributed by atoms with Crippen molar-refractivity contribution in [3.8, 4) is 17.0 Å². The largest absolute Gasteiger partial charge is 0.497 e. The molecule has 0 radical (unpaired) electrons. The van der Waals surface area contributed by atoms with Gasteiger partial charge in [-0.15, -0.1) is 0 Å². The maximum Gasteiger partial charge on any atom is 0.277 e. The second-order valence-corrected chi connectivity index (χ2v) is 7.11. The molecule has 0 atom stereocenters. The van der Waals surface area contributed by atoms with E-state index in [1.807, 2.05) is 55.5 Å². The summed E-state index contributed by atoms with van der Waals surface area (Å²) in [6, 6.07) is 22.1. The summed E-state index contributed by atoms with van der Waals surface area (Å²) in [5.41, 5.74) is 3.96. The molecule has 1 heterocycles. The Morgan fingerprint density at radius 2 is 1.81 bits per heavy atom. The summed E-state index contributed by atoms with van der Waals surface area (Å²) < 4.78 is 6.92. The van der Waals surface area contributed by atoms with Gasteiger partial charge in [0.2, 0.25) is 0 Å². The van der Waals surface area contributed by atoms with Gasteiger partial charge in [-0.1, -0.05) is 36.4 Å². The number of nitrogens with zero attached hydrogens (tertiary/aromatic N) is 2. The van der Waals surface area contributed by atoms with E-state index in [1.165, 1.54) is 0 Å². The van der Waals surface area contributed by atoms with Gasteiger partial charge >= 0.3 is 0 Å². The van der Waals surface area contributed by atoms with Crippen molar-refractivity contribution in [1.82, 2.24) is 14.9 Å². The maximum absolute atomic E-state index is 13.0. The Morgan fingerprint density at radius 1 is 1.03 bits per heavy atom. The van der Waals surface area contributed by atoms with E-state index in [9.17, 15) is 9.59 Å². The number of nitrogens with one attached hydrogen (secondary N) is 1. The van der Waals surface area contributed by atoms with E-state index in [-0.39, 0.29) is 11.5 Å². The van der Waals surface area contributed by atoms with E-state index in [0.29, 0.717) is 29.9 Å². The Balaban J connectivity index is 1.56. The molecule has 1 N–H and O–H groups in total. The number of carbonyl (C=O) groups is 1. The van der Waals surface area contributed by atoms with Crippen LogP contribution in [-0.2, 0) is 13.1 Å². The lowest BCUT2D eigenvalue weighted by molar-refractivity contribution is 0.0951. The molecule has 0 saturated heterocycles. The maximum atomic E-state index is 13.0. The van der Waals surface area contributed by atoms with Crippen LogP contribution in [0.4, 0.5) is 0 Å². The number of para-hydroxylation sites is 2. The van der Waals surface area contributed by atoms with Crippen LogP contribution in [-0.4, -0.2) is 22.6 Å². The summed E-state index contributed by atoms with van der Waals surface area (Å²) in [5, 5.41) is 2.90. The van der Waals surface area contributed by atoms with Crippen molar-refractivity contribution < 1.29 is 9.53 Å². The summed E-state index contributed by atoms with van der Waals surface area (Å²) in [5.74, 6) is 0.559. The molecule has 156 valence electrons. The highest BCUT2D eigenvalue weighted by molar-refractivity contribution is 5.94. The smallest absolute Gasteiger partial charge is 0.277 e. The summed E-state index contributed by atoms with van der Waals surface area (Å²) in [4.78, 5) is 30.1. The molecule has 0 aliphatic rings. The first-order valence-electron chi connectivity index (χ1n) is 10.1. The number of fused-ring (bicyclic) bond motifs is 1. The van der Waals surface area contributed by atoms with Gasteiger partial charge in [0.15, 0.2) is 0 Å². The first-order chi connectivity index (χ1) is 15.1. The van der Waals surface area contributed by atoms with Crippen LogP contribution in [0.1, 0.15) is 22.8 Å². The molecule has 0 fully saturated rings. The Labute approximate surface area is 180 Å². The first kappa shape index (κ1) is 20.3. The number of amides is 1. The lowest BCUT2D eigenvalue weighted by atomic mass is 10.1. The summed E-state index contributed by atoms with van der Waals surface area (Å²) in [7, 11) is 1.61. The monoisotopic (exact) mass is 413 g/mol. The number of rotatable bonds is 6. The zero-order valence-corrected chi connectivity index (χ0v) is 17.5. The van der Waals surface area contributed by atoms with E-state index in [4.69, 9.17) is 4.74 Å². The van der Waals surface area contributed by atoms with Crippen LogP contribution in [0.5, 0.6) is 5.75 Å². The second-order valence-electron chi connectivity index (χ2n) is 7.11. The zero-order chi connectivity index (χ0) is 21.8. The fourth-order valence-corrected chi connectivity index (χ4v) is 3.54. The number of carbonyl (C=O) groups excluding carboxylic acids is 1. The SMILES string of the molecule is CCn1c(=O)c(-c2ccc(C(=O)NCc3cccc(OC)c3)cc2)nc2ccccc21. The Kier molecular flexibility index (Phi) is 5.80. The summed E-state index contributed by atoms with van der Waals surface area (Å²) >= 11 is 0. The highest BCUT2D eigenvalue weighted by Crippen LogP contribution is 2.19. The highest BCUT2D eigenvalue weighted by atomic mass is 16.5. The van der Waals surface area contributed by atoms with E-state index in [1.54, 1.807) is 35.9 Å². The van der Waals surface area contributed by atoms with Crippen LogP contribution in [0, 0.1) is 0 Å². The lowest BCUT2D eigenvalue weighted by Gasteiger charge is -2.11. The molecule has 1 aromatic heterocycles. The van der Waals surface area contributed by atoms with Gasteiger partial charge in [-0.05, 0) is 48.9 Å². The van der Waals surface area contributed by atoms with Gasteiger partial charge in [0, 0.05) is 24.2 Å². The topological polar surface area (TPSA) is 73.2 Å². The molecular weight excluding hydrogens is 390 g/mol. The number of aromatic nitrogens is 2. The van der Waals surface area contributed by atoms with Gasteiger partial charge < -0.3 is 14.6 Å². The molecule has 0 spiro atoms. The number of methoxy groups -OCH3 is 1. The molecule has 6 heteroatoms. The van der Waals surface area contributed by atoms with E-state index < -0.39 is 0 Å². The van der Waals surface area contributed by atoms with Gasteiger partial charge in [-0.2, -0.15) is 0 Å². The molecule has 0 aliphatic carbocycles. The van der Waals surface area contributed by atoms with Crippen LogP contribution in [0.25, 0.3) is 22.3 Å². The van der Waals surface area contributed by atoms with Crippen molar-refractivity contribution in [1.29, 1.82) is 0 Å². The molecule has 6 nitrogen and oxygen atoms in total. The van der Waals surface area contributed by atoms with Crippen molar-refractivity contribution >= 4 is 16.9 Å². The van der Waals surface area contributed by atoms with Crippen LogP contribution in [0.15, 0.2) is 77.6 Å². The third-order valence-corrected chi connectivity index (χ3v) is 5.18. The molecule has 31 heavy (non-hydrogen) atoms. The van der Waals surface area contributed by atoms with Crippen molar-refractivity contribution in [3.63, 3.8) is 0 Å². The van der Waals surface area contributed by atoms with Crippen molar-refractivity contribution in [2.24, 2.45) is 0 Å². The van der Waals surface area contributed by atoms with Crippen LogP contribution in [0.3, 0.4) is 0 Å². The molecule has 4 aromatic rings. The summed E-state index contributed by atoms with van der Waals surface area (Å²) in [6.07, 6.45) is 0. The minimum absolute atomic E-state index is 0.142. The first-order valence-corrected chi connectivity index (χ1v) is 10.1. The quantitative estimate of drug-likeness (QED) is 0.518. The average molecular weight is 413 g/mol. The third-order valence-electron chi connectivity index (χ3n) is 5.18. The van der Waals surface area contributed by atoms with Gasteiger partial charge in [0.05, 0.1) is 18.1 Å². The Bertz CT molecular complexity index is 1290. The third kappa shape index (κ3) is 4.19. The van der Waals surface area contributed by atoms with E-state index in [0.717, 1.165) is 22.3 Å². The second kappa shape index (κ2) is 8.83. The Hall–Kier alpha value is -3.93.